The van der Waals surface area contributed by atoms with Crippen molar-refractivity contribution in [2.24, 2.45) is 0 Å². The van der Waals surface area contributed by atoms with Gasteiger partial charge in [0.1, 0.15) is 5.58 Å². The number of benzene rings is 2. The predicted octanol–water partition coefficient (Wildman–Crippen LogP) is 3.70. The first kappa shape index (κ1) is 19.0. The van der Waals surface area contributed by atoms with Gasteiger partial charge in [0.15, 0.2) is 6.61 Å². The molecule has 4 aromatic rings. The van der Waals surface area contributed by atoms with Gasteiger partial charge in [0, 0.05) is 16.5 Å². The number of carbonyl (C=O) groups excluding carboxylic acids is 2. The maximum Gasteiger partial charge on any atom is 0.322 e. The molecule has 31 heavy (non-hydrogen) atoms. The number of amides is 1. The van der Waals surface area contributed by atoms with Crippen molar-refractivity contribution >= 4 is 28.9 Å². The van der Waals surface area contributed by atoms with Gasteiger partial charge in [-0.2, -0.15) is 0 Å². The lowest BCUT2D eigenvalue weighted by molar-refractivity contribution is -0.146. The van der Waals surface area contributed by atoms with E-state index >= 15 is 0 Å². The van der Waals surface area contributed by atoms with Gasteiger partial charge >= 0.3 is 12.0 Å². The van der Waals surface area contributed by atoms with E-state index in [1.807, 2.05) is 36.4 Å². The monoisotopic (exact) mass is 417 g/mol. The van der Waals surface area contributed by atoms with Crippen LogP contribution in [0.4, 0.5) is 6.01 Å². The Morgan fingerprint density at radius 1 is 1.06 bits per heavy atom. The second kappa shape index (κ2) is 8.06. The van der Waals surface area contributed by atoms with Crippen LogP contribution in [0.1, 0.15) is 23.1 Å². The molecule has 156 valence electrons. The molecule has 0 radical (unpaired) electrons. The molecular formula is C23H19N3O5. The molecule has 1 aliphatic carbocycles. The van der Waals surface area contributed by atoms with E-state index in [1.54, 1.807) is 6.26 Å². The maximum atomic E-state index is 12.2. The van der Waals surface area contributed by atoms with Gasteiger partial charge in [0.25, 0.3) is 5.91 Å². The number of aryl methyl sites for hydroxylation is 2. The number of aromatic nitrogens is 2. The molecule has 2 aromatic carbocycles. The first-order chi connectivity index (χ1) is 15.2. The lowest BCUT2D eigenvalue weighted by Crippen LogP contribution is -2.21. The van der Waals surface area contributed by atoms with Gasteiger partial charge in [0.05, 0.1) is 12.7 Å². The van der Waals surface area contributed by atoms with Crippen LogP contribution in [0.25, 0.3) is 22.4 Å². The molecule has 0 bridgehead atoms. The van der Waals surface area contributed by atoms with E-state index in [0.29, 0.717) is 0 Å². The SMILES string of the molecule is O=C(COC(=O)Cc1coc2cc3c(cc12)CCC3)Nc1nnc(-c2ccccc2)o1. The predicted molar refractivity (Wildman–Crippen MR) is 111 cm³/mol. The molecule has 2 aromatic heterocycles. The number of furan rings is 1. The molecule has 0 aliphatic heterocycles. The van der Waals surface area contributed by atoms with Crippen molar-refractivity contribution in [2.75, 3.05) is 11.9 Å². The van der Waals surface area contributed by atoms with Crippen molar-refractivity contribution in [2.45, 2.75) is 25.7 Å². The Hall–Kier alpha value is -3.94. The second-order valence-corrected chi connectivity index (χ2v) is 7.40. The average molecular weight is 417 g/mol. The fourth-order valence-corrected chi connectivity index (χ4v) is 3.76. The minimum atomic E-state index is -0.563. The zero-order chi connectivity index (χ0) is 21.2. The smallest absolute Gasteiger partial charge is 0.322 e. The zero-order valence-electron chi connectivity index (χ0n) is 16.6. The zero-order valence-corrected chi connectivity index (χ0v) is 16.6. The van der Waals surface area contributed by atoms with Crippen LogP contribution in [-0.4, -0.2) is 28.7 Å². The summed E-state index contributed by atoms with van der Waals surface area (Å²) >= 11 is 0. The van der Waals surface area contributed by atoms with Gasteiger partial charge in [-0.25, -0.2) is 0 Å². The van der Waals surface area contributed by atoms with Crippen molar-refractivity contribution in [3.8, 4) is 11.5 Å². The van der Waals surface area contributed by atoms with Crippen molar-refractivity contribution < 1.29 is 23.2 Å². The van der Waals surface area contributed by atoms with Gasteiger partial charge < -0.3 is 13.6 Å². The molecule has 0 saturated carbocycles. The molecule has 0 unspecified atom stereocenters. The molecule has 1 amide bonds. The second-order valence-electron chi connectivity index (χ2n) is 7.40. The normalized spacial score (nSPS) is 12.6. The van der Waals surface area contributed by atoms with Gasteiger partial charge in [-0.05, 0) is 54.7 Å². The topological polar surface area (TPSA) is 107 Å². The lowest BCUT2D eigenvalue weighted by atomic mass is 10.0. The Kier molecular flexibility index (Phi) is 4.95. The number of esters is 1. The van der Waals surface area contributed by atoms with Gasteiger partial charge in [0.2, 0.25) is 5.89 Å². The van der Waals surface area contributed by atoms with Gasteiger partial charge in [-0.15, -0.1) is 5.10 Å². The molecule has 0 spiro atoms. The third-order valence-electron chi connectivity index (χ3n) is 5.26. The molecule has 8 nitrogen and oxygen atoms in total. The van der Waals surface area contributed by atoms with Crippen LogP contribution in [-0.2, 0) is 33.6 Å². The van der Waals surface area contributed by atoms with Crippen LogP contribution < -0.4 is 5.32 Å². The number of hydrogen-bond acceptors (Lipinski definition) is 7. The molecule has 8 heteroatoms. The Morgan fingerprint density at radius 2 is 1.87 bits per heavy atom. The number of anilines is 1. The summed E-state index contributed by atoms with van der Waals surface area (Å²) in [6, 6.07) is 13.3. The van der Waals surface area contributed by atoms with Crippen LogP contribution >= 0.6 is 0 Å². The number of nitrogens with one attached hydrogen (secondary N) is 1. The minimum Gasteiger partial charge on any atom is -0.464 e. The van der Waals surface area contributed by atoms with Crippen molar-refractivity contribution in [1.82, 2.24) is 10.2 Å². The number of carbonyl (C=O) groups is 2. The van der Waals surface area contributed by atoms with Crippen LogP contribution in [0.5, 0.6) is 0 Å². The highest BCUT2D eigenvalue weighted by atomic mass is 16.5. The maximum absolute atomic E-state index is 12.2. The van der Waals surface area contributed by atoms with Crippen molar-refractivity contribution in [1.29, 1.82) is 0 Å². The van der Waals surface area contributed by atoms with Crippen LogP contribution in [0, 0.1) is 0 Å². The summed E-state index contributed by atoms with van der Waals surface area (Å²) < 4.78 is 16.1. The molecular weight excluding hydrogens is 398 g/mol. The third-order valence-corrected chi connectivity index (χ3v) is 5.26. The van der Waals surface area contributed by atoms with E-state index in [9.17, 15) is 9.59 Å². The first-order valence-electron chi connectivity index (χ1n) is 10.0. The Morgan fingerprint density at radius 3 is 2.71 bits per heavy atom. The molecule has 0 saturated heterocycles. The lowest BCUT2D eigenvalue weighted by Gasteiger charge is -2.04. The number of rotatable bonds is 6. The Balaban J connectivity index is 1.16. The van der Waals surface area contributed by atoms with Gasteiger partial charge in [-0.1, -0.05) is 23.3 Å². The largest absolute Gasteiger partial charge is 0.464 e. The van der Waals surface area contributed by atoms with Crippen LogP contribution in [0.15, 0.2) is 57.6 Å². The fourth-order valence-electron chi connectivity index (χ4n) is 3.76. The van der Waals surface area contributed by atoms with E-state index in [-0.39, 0.29) is 18.3 Å². The molecule has 1 N–H and O–H groups in total. The summed E-state index contributed by atoms with van der Waals surface area (Å²) in [6.07, 6.45) is 4.84. The summed E-state index contributed by atoms with van der Waals surface area (Å²) in [5.41, 5.74) is 4.87. The van der Waals surface area contributed by atoms with Gasteiger partial charge in [-0.3, -0.25) is 14.9 Å². The highest BCUT2D eigenvalue weighted by molar-refractivity contribution is 5.92. The number of fused-ring (bicyclic) bond motifs is 2. The number of nitrogens with zero attached hydrogens (tertiary/aromatic N) is 2. The average Bonchev–Trinajstić information content (AvgIpc) is 3.52. The van der Waals surface area contributed by atoms with E-state index in [2.05, 4.69) is 21.6 Å². The van der Waals surface area contributed by atoms with Crippen LogP contribution in [0.2, 0.25) is 0 Å². The molecule has 1 aliphatic rings. The summed E-state index contributed by atoms with van der Waals surface area (Å²) in [5.74, 6) is -0.799. The summed E-state index contributed by atoms with van der Waals surface area (Å²) in [5, 5.41) is 11.0. The first-order valence-corrected chi connectivity index (χ1v) is 10.0. The van der Waals surface area contributed by atoms with Crippen LogP contribution in [0.3, 0.4) is 0 Å². The van der Waals surface area contributed by atoms with E-state index in [1.165, 1.54) is 11.1 Å². The third kappa shape index (κ3) is 4.05. The molecule has 2 heterocycles. The van der Waals surface area contributed by atoms with E-state index in [4.69, 9.17) is 13.6 Å². The van der Waals surface area contributed by atoms with E-state index in [0.717, 1.165) is 41.4 Å². The molecule has 5 rings (SSSR count). The minimum absolute atomic E-state index is 0.0256. The van der Waals surface area contributed by atoms with E-state index < -0.39 is 18.5 Å². The fraction of sp³-hybridized carbons (Fsp3) is 0.217. The van der Waals surface area contributed by atoms with Crippen molar-refractivity contribution in [3.63, 3.8) is 0 Å². The number of ether oxygens (including phenoxy) is 1. The summed E-state index contributed by atoms with van der Waals surface area (Å²) in [7, 11) is 0. The van der Waals surface area contributed by atoms with Crippen molar-refractivity contribution in [3.05, 3.63) is 65.4 Å². The molecule has 0 fully saturated rings. The summed E-state index contributed by atoms with van der Waals surface area (Å²) in [4.78, 5) is 24.3. The highest BCUT2D eigenvalue weighted by Gasteiger charge is 2.18. The highest BCUT2D eigenvalue weighted by Crippen LogP contribution is 2.30. The number of hydrogen-bond donors (Lipinski definition) is 1. The quantitative estimate of drug-likeness (QED) is 0.477. The molecule has 0 atom stereocenters. The summed E-state index contributed by atoms with van der Waals surface area (Å²) in [6.45, 7) is -0.451. The standard InChI is InChI=1S/C23H19N3O5/c27-20(24-23-26-25-22(31-23)14-5-2-1-3-6-14)13-30-21(28)11-17-12-29-19-10-16-8-4-7-15(16)9-18(17)19/h1-3,5-6,9-10,12H,4,7-8,11,13H2,(H,24,26,27). The Labute approximate surface area is 177 Å². The Bertz CT molecular complexity index is 1260.